The third-order valence-corrected chi connectivity index (χ3v) is 7.80. The minimum Gasteiger partial charge on any atom is -0.453 e. The zero-order chi connectivity index (χ0) is 21.9. The molecule has 160 valence electrons. The molecule has 0 aliphatic heterocycles. The third-order valence-electron chi connectivity index (χ3n) is 5.44. The molecular formula is C24H26F3NOS. The first-order valence-corrected chi connectivity index (χ1v) is 13.7. The van der Waals surface area contributed by atoms with Crippen LogP contribution in [-0.4, -0.2) is 32.1 Å². The van der Waals surface area contributed by atoms with Crippen LogP contribution in [0.1, 0.15) is 5.56 Å². The second-order valence-corrected chi connectivity index (χ2v) is 17.3. The van der Waals surface area contributed by atoms with E-state index in [-0.39, 0.29) is 5.58 Å². The van der Waals surface area contributed by atoms with E-state index in [0.29, 0.717) is 16.4 Å². The first-order valence-electron chi connectivity index (χ1n) is 9.69. The summed E-state index contributed by atoms with van der Waals surface area (Å²) in [5.41, 5.74) is 1.25. The molecule has 0 N–H and O–H groups in total. The molecule has 0 atom stereocenters. The SMILES string of the molecule is CN(c1ccc([SH](C)(C)(C)C)cc1)c1cccc2c1oc1c(C(F)(F)F)cccc12. The van der Waals surface area contributed by atoms with Crippen molar-refractivity contribution >= 4 is 42.5 Å². The lowest BCUT2D eigenvalue weighted by Gasteiger charge is -2.47. The average Bonchev–Trinajstić information content (AvgIpc) is 3.04. The van der Waals surface area contributed by atoms with Gasteiger partial charge in [0.2, 0.25) is 0 Å². The van der Waals surface area contributed by atoms with E-state index in [1.807, 2.05) is 24.1 Å². The smallest absolute Gasteiger partial charge is 0.420 e. The average molecular weight is 434 g/mol. The second kappa shape index (κ2) is 6.45. The van der Waals surface area contributed by atoms with Crippen molar-refractivity contribution in [3.8, 4) is 0 Å². The van der Waals surface area contributed by atoms with Gasteiger partial charge in [-0.2, -0.15) is 13.2 Å². The summed E-state index contributed by atoms with van der Waals surface area (Å²) in [5, 5.41) is 1.14. The number of furan rings is 1. The van der Waals surface area contributed by atoms with Crippen molar-refractivity contribution in [1.82, 2.24) is 0 Å². The summed E-state index contributed by atoms with van der Waals surface area (Å²) >= 11 is 0. The Labute approximate surface area is 174 Å². The van der Waals surface area contributed by atoms with E-state index in [4.69, 9.17) is 4.42 Å². The lowest BCUT2D eigenvalue weighted by atomic mass is 10.1. The van der Waals surface area contributed by atoms with E-state index in [1.54, 1.807) is 12.1 Å². The van der Waals surface area contributed by atoms with Gasteiger partial charge in [0.15, 0.2) is 5.58 Å². The molecule has 30 heavy (non-hydrogen) atoms. The van der Waals surface area contributed by atoms with Gasteiger partial charge in [-0.1, -0.05) is 24.3 Å². The first-order chi connectivity index (χ1) is 13.8. The van der Waals surface area contributed by atoms with Crippen molar-refractivity contribution in [3.05, 3.63) is 66.2 Å². The molecule has 6 heteroatoms. The van der Waals surface area contributed by atoms with Crippen LogP contribution < -0.4 is 4.90 Å². The molecule has 0 spiro atoms. The predicted octanol–water partition coefficient (Wildman–Crippen LogP) is 7.32. The second-order valence-electron chi connectivity index (χ2n) is 9.59. The Morgan fingerprint density at radius 1 is 0.767 bits per heavy atom. The number of para-hydroxylation sites is 2. The maximum absolute atomic E-state index is 13.5. The highest BCUT2D eigenvalue weighted by atomic mass is 32.3. The number of hydrogen-bond donors (Lipinski definition) is 1. The number of halogens is 3. The predicted molar refractivity (Wildman–Crippen MR) is 124 cm³/mol. The lowest BCUT2D eigenvalue weighted by Crippen LogP contribution is -2.12. The van der Waals surface area contributed by atoms with Gasteiger partial charge in [-0.05, 0) is 66.3 Å². The van der Waals surface area contributed by atoms with Gasteiger partial charge in [-0.15, -0.1) is 0 Å². The molecule has 1 aromatic heterocycles. The maximum Gasteiger partial charge on any atom is 0.420 e. The minimum absolute atomic E-state index is 0.123. The molecule has 0 aliphatic rings. The van der Waals surface area contributed by atoms with Crippen LogP contribution in [0, 0.1) is 0 Å². The quantitative estimate of drug-likeness (QED) is 0.341. The highest BCUT2D eigenvalue weighted by Crippen LogP contribution is 2.63. The van der Waals surface area contributed by atoms with Gasteiger partial charge in [0.05, 0.1) is 11.3 Å². The Morgan fingerprint density at radius 3 is 1.90 bits per heavy atom. The van der Waals surface area contributed by atoms with Gasteiger partial charge in [0.25, 0.3) is 0 Å². The van der Waals surface area contributed by atoms with E-state index in [9.17, 15) is 13.2 Å². The number of rotatable bonds is 3. The normalized spacial score (nSPS) is 14.1. The lowest BCUT2D eigenvalue weighted by molar-refractivity contribution is -0.136. The van der Waals surface area contributed by atoms with Crippen molar-refractivity contribution in [1.29, 1.82) is 0 Å². The van der Waals surface area contributed by atoms with Crippen LogP contribution in [0.25, 0.3) is 21.9 Å². The fourth-order valence-corrected chi connectivity index (χ4v) is 5.05. The van der Waals surface area contributed by atoms with Crippen molar-refractivity contribution < 1.29 is 17.6 Å². The summed E-state index contributed by atoms with van der Waals surface area (Å²) in [5.74, 6) is 0. The monoisotopic (exact) mass is 433 g/mol. The molecule has 4 rings (SSSR count). The number of alkyl halides is 3. The Kier molecular flexibility index (Phi) is 4.44. The van der Waals surface area contributed by atoms with E-state index < -0.39 is 20.9 Å². The van der Waals surface area contributed by atoms with Crippen LogP contribution >= 0.6 is 9.16 Å². The largest absolute Gasteiger partial charge is 0.453 e. The molecule has 1 heterocycles. The molecule has 2 nitrogen and oxygen atoms in total. The van der Waals surface area contributed by atoms with E-state index >= 15 is 0 Å². The van der Waals surface area contributed by atoms with Gasteiger partial charge in [0.1, 0.15) is 5.58 Å². The van der Waals surface area contributed by atoms with Crippen molar-refractivity contribution in [2.45, 2.75) is 11.1 Å². The Hall–Kier alpha value is -2.60. The van der Waals surface area contributed by atoms with Crippen molar-refractivity contribution in [2.75, 3.05) is 37.0 Å². The highest BCUT2D eigenvalue weighted by molar-refractivity contribution is 8.47. The van der Waals surface area contributed by atoms with E-state index in [0.717, 1.165) is 17.4 Å². The molecule has 4 aromatic rings. The molecule has 0 aliphatic carbocycles. The first kappa shape index (κ1) is 20.7. The van der Waals surface area contributed by atoms with Gasteiger partial charge in [-0.25, -0.2) is 0 Å². The van der Waals surface area contributed by atoms with E-state index in [1.165, 1.54) is 11.0 Å². The molecule has 0 unspecified atom stereocenters. The number of benzene rings is 3. The Balaban J connectivity index is 1.85. The molecule has 0 bridgehead atoms. The summed E-state index contributed by atoms with van der Waals surface area (Å²) < 4.78 is 46.2. The summed E-state index contributed by atoms with van der Waals surface area (Å²) in [6, 6.07) is 18.1. The molecule has 3 aromatic carbocycles. The fraction of sp³-hybridized carbons (Fsp3) is 0.250. The van der Waals surface area contributed by atoms with Gasteiger partial charge < -0.3 is 9.32 Å². The van der Waals surface area contributed by atoms with E-state index in [2.05, 4.69) is 49.3 Å². The van der Waals surface area contributed by atoms with Gasteiger partial charge in [0, 0.05) is 23.5 Å². The zero-order valence-electron chi connectivity index (χ0n) is 17.7. The van der Waals surface area contributed by atoms with Crippen LogP contribution in [0.4, 0.5) is 24.5 Å². The summed E-state index contributed by atoms with van der Waals surface area (Å²) in [7, 11) is 0.0265. The highest BCUT2D eigenvalue weighted by Gasteiger charge is 2.34. The zero-order valence-corrected chi connectivity index (χ0v) is 18.6. The van der Waals surface area contributed by atoms with Crippen molar-refractivity contribution in [2.24, 2.45) is 0 Å². The molecular weight excluding hydrogens is 407 g/mol. The number of nitrogens with zero attached hydrogens (tertiary/aromatic N) is 1. The molecule has 0 amide bonds. The number of thiol groups is 1. The third kappa shape index (κ3) is 3.54. The summed E-state index contributed by atoms with van der Waals surface area (Å²) in [4.78, 5) is 3.28. The van der Waals surface area contributed by atoms with Crippen LogP contribution in [-0.2, 0) is 6.18 Å². The number of fused-ring (bicyclic) bond motifs is 3. The molecule has 0 saturated carbocycles. The molecule has 0 saturated heterocycles. The number of hydrogen-bond acceptors (Lipinski definition) is 2. The molecule has 0 radical (unpaired) electrons. The fourth-order valence-electron chi connectivity index (χ4n) is 3.70. The van der Waals surface area contributed by atoms with Crippen LogP contribution in [0.3, 0.4) is 0 Å². The minimum atomic E-state index is -4.47. The Bertz CT molecular complexity index is 1240. The van der Waals surface area contributed by atoms with Crippen molar-refractivity contribution in [3.63, 3.8) is 0 Å². The number of anilines is 2. The van der Waals surface area contributed by atoms with Crippen LogP contribution in [0.5, 0.6) is 0 Å². The van der Waals surface area contributed by atoms with Gasteiger partial charge >= 0.3 is 6.18 Å². The topological polar surface area (TPSA) is 16.4 Å². The summed E-state index contributed by atoms with van der Waals surface area (Å²) in [6.45, 7) is 0. The molecule has 0 fully saturated rings. The standard InChI is InChI=1S/C24H26F3NOS/c1-28(16-12-14-17(15-13-16)30(2,3,4)5)21-11-7-9-19-18-8-6-10-20(24(25,26)27)22(18)29-23(19)21/h6-15,30H,1-5H3. The Morgan fingerprint density at radius 2 is 1.33 bits per heavy atom. The van der Waals surface area contributed by atoms with Gasteiger partial charge in [-0.3, -0.25) is 9.16 Å². The maximum atomic E-state index is 13.5. The van der Waals surface area contributed by atoms with Crippen LogP contribution in [0.2, 0.25) is 0 Å². The summed E-state index contributed by atoms with van der Waals surface area (Å²) in [6.07, 6.45) is 4.74. The van der Waals surface area contributed by atoms with Crippen LogP contribution in [0.15, 0.2) is 70.0 Å².